The Labute approximate surface area is 261 Å². The third kappa shape index (κ3) is 9.67. The Morgan fingerprint density at radius 3 is 2.62 bits per heavy atom. The largest absolute Gasteiger partial charge is 0.492 e. The van der Waals surface area contributed by atoms with Gasteiger partial charge in [-0.1, -0.05) is 36.4 Å². The molecule has 0 radical (unpaired) electrons. The molecule has 0 amide bonds. The van der Waals surface area contributed by atoms with Gasteiger partial charge in [-0.25, -0.2) is 23.5 Å². The lowest BCUT2D eigenvalue weighted by Crippen LogP contribution is -2.37. The number of hydrogen-bond donors (Lipinski definition) is 3. The molecule has 0 bridgehead atoms. The highest BCUT2D eigenvalue weighted by Gasteiger charge is 2.20. The van der Waals surface area contributed by atoms with Crippen LogP contribution in [0.4, 0.5) is 20.4 Å². The minimum Gasteiger partial charge on any atom is -0.492 e. The normalized spacial score (nSPS) is 13.1. The molecule has 3 heterocycles. The van der Waals surface area contributed by atoms with E-state index < -0.39 is 23.6 Å². The molecule has 1 unspecified atom stereocenters. The first-order valence-electron chi connectivity index (χ1n) is 15.3. The van der Waals surface area contributed by atoms with E-state index in [9.17, 15) is 18.7 Å². The van der Waals surface area contributed by atoms with Crippen molar-refractivity contribution in [2.45, 2.75) is 44.6 Å². The fraction of sp³-hybridized carbons (Fsp3) is 0.353. The van der Waals surface area contributed by atoms with E-state index in [1.54, 1.807) is 6.20 Å². The van der Waals surface area contributed by atoms with Crippen LogP contribution in [0.25, 0.3) is 11.3 Å². The number of anilines is 2. The molecule has 11 heteroatoms. The van der Waals surface area contributed by atoms with Crippen molar-refractivity contribution in [2.75, 3.05) is 43.4 Å². The van der Waals surface area contributed by atoms with Gasteiger partial charge in [0.25, 0.3) is 0 Å². The maximum absolute atomic E-state index is 13.6. The van der Waals surface area contributed by atoms with Crippen LogP contribution in [-0.4, -0.2) is 69.8 Å². The highest BCUT2D eigenvalue weighted by atomic mass is 19.1. The van der Waals surface area contributed by atoms with Crippen LogP contribution in [0.3, 0.4) is 0 Å². The van der Waals surface area contributed by atoms with E-state index in [1.807, 2.05) is 30.3 Å². The maximum Gasteiger partial charge on any atom is 0.326 e. The van der Waals surface area contributed by atoms with Crippen LogP contribution in [0.15, 0.2) is 73.1 Å². The molecule has 2 aromatic heterocycles. The zero-order chi connectivity index (χ0) is 31.4. The molecular formula is C34H38F2N6O3. The number of carboxylic acid groups (broad SMARTS) is 1. The van der Waals surface area contributed by atoms with Crippen LogP contribution in [0.1, 0.15) is 36.9 Å². The Morgan fingerprint density at radius 2 is 1.82 bits per heavy atom. The molecule has 236 valence electrons. The van der Waals surface area contributed by atoms with Gasteiger partial charge in [0, 0.05) is 49.1 Å². The Bertz CT molecular complexity index is 1540. The molecule has 45 heavy (non-hydrogen) atoms. The first-order chi connectivity index (χ1) is 21.9. The van der Waals surface area contributed by atoms with E-state index in [1.165, 1.54) is 11.8 Å². The zero-order valence-electron chi connectivity index (χ0n) is 25.1. The number of aliphatic carboxylic acids is 1. The third-order valence-electron chi connectivity index (χ3n) is 7.68. The Hall–Kier alpha value is -4.64. The summed E-state index contributed by atoms with van der Waals surface area (Å²) in [5.74, 6) is -0.941. The molecule has 5 rings (SSSR count). The summed E-state index contributed by atoms with van der Waals surface area (Å²) in [6.45, 7) is 2.74. The second-order valence-electron chi connectivity index (χ2n) is 11.1. The van der Waals surface area contributed by atoms with Gasteiger partial charge in [0.2, 0.25) is 0 Å². The van der Waals surface area contributed by atoms with Gasteiger partial charge >= 0.3 is 5.97 Å². The van der Waals surface area contributed by atoms with Gasteiger partial charge in [0.05, 0.1) is 18.1 Å². The summed E-state index contributed by atoms with van der Waals surface area (Å²) in [6, 6.07) is 16.0. The molecule has 0 fully saturated rings. The van der Waals surface area contributed by atoms with Crippen LogP contribution in [0, 0.1) is 11.6 Å². The summed E-state index contributed by atoms with van der Waals surface area (Å²) in [5.41, 5.74) is 3.82. The summed E-state index contributed by atoms with van der Waals surface area (Å²) in [6.07, 6.45) is 8.20. The molecule has 0 aliphatic carbocycles. The number of benzene rings is 2. The second kappa shape index (κ2) is 15.9. The number of aromatic nitrogens is 3. The van der Waals surface area contributed by atoms with E-state index in [0.717, 1.165) is 73.9 Å². The lowest BCUT2D eigenvalue weighted by molar-refractivity contribution is -0.138. The average Bonchev–Trinajstić information content (AvgIpc) is 3.04. The van der Waals surface area contributed by atoms with E-state index in [0.29, 0.717) is 37.6 Å². The molecule has 1 aliphatic rings. The maximum atomic E-state index is 13.6. The minimum atomic E-state index is -1.000. The lowest BCUT2D eigenvalue weighted by atomic mass is 10.1. The quantitative estimate of drug-likeness (QED) is 0.134. The van der Waals surface area contributed by atoms with Crippen LogP contribution in [0.2, 0.25) is 0 Å². The Balaban J connectivity index is 1.18. The number of ether oxygens (including phenoxy) is 1. The van der Waals surface area contributed by atoms with Crippen molar-refractivity contribution in [2.24, 2.45) is 0 Å². The molecule has 4 aromatic rings. The molecule has 9 nitrogen and oxygen atoms in total. The van der Waals surface area contributed by atoms with Crippen LogP contribution in [-0.2, 0) is 17.6 Å². The van der Waals surface area contributed by atoms with E-state index >= 15 is 0 Å². The summed E-state index contributed by atoms with van der Waals surface area (Å²) in [7, 11) is 0. The number of hydrogen-bond acceptors (Lipinski definition) is 8. The number of pyridine rings is 1. The smallest absolute Gasteiger partial charge is 0.326 e. The predicted octanol–water partition coefficient (Wildman–Crippen LogP) is 5.83. The number of nitrogens with one attached hydrogen (secondary N) is 2. The van der Waals surface area contributed by atoms with E-state index in [4.69, 9.17) is 9.72 Å². The molecule has 1 aliphatic heterocycles. The van der Waals surface area contributed by atoms with Crippen LogP contribution >= 0.6 is 0 Å². The zero-order valence-corrected chi connectivity index (χ0v) is 25.1. The number of rotatable bonds is 16. The second-order valence-corrected chi connectivity index (χ2v) is 11.1. The Kier molecular flexibility index (Phi) is 11.2. The average molecular weight is 617 g/mol. The summed E-state index contributed by atoms with van der Waals surface area (Å²) >= 11 is 0. The van der Waals surface area contributed by atoms with Gasteiger partial charge in [-0.15, -0.1) is 0 Å². The SMILES string of the molecule is O=C(O)C(CCN(CCCCc1ccc2c(n1)NCCC2)CCOc1cc(F)cc(F)c1)Nc1cncc(-c2ccccc2)n1. The number of carbonyl (C=O) groups is 1. The summed E-state index contributed by atoms with van der Waals surface area (Å²) in [4.78, 5) is 27.9. The van der Waals surface area contributed by atoms with Gasteiger partial charge in [-0.05, 0) is 56.7 Å². The predicted molar refractivity (Wildman–Crippen MR) is 169 cm³/mol. The highest BCUT2D eigenvalue weighted by Crippen LogP contribution is 2.21. The summed E-state index contributed by atoms with van der Waals surface area (Å²) in [5, 5.41) is 16.4. The van der Waals surface area contributed by atoms with Crippen molar-refractivity contribution in [3.8, 4) is 17.0 Å². The van der Waals surface area contributed by atoms with Crippen molar-refractivity contribution in [1.29, 1.82) is 0 Å². The first-order valence-corrected chi connectivity index (χ1v) is 15.3. The van der Waals surface area contributed by atoms with Crippen molar-refractivity contribution in [3.63, 3.8) is 0 Å². The van der Waals surface area contributed by atoms with Crippen molar-refractivity contribution in [3.05, 3.63) is 95.9 Å². The van der Waals surface area contributed by atoms with E-state index in [-0.39, 0.29) is 12.4 Å². The molecule has 0 saturated carbocycles. The van der Waals surface area contributed by atoms with Gasteiger partial charge in [0.15, 0.2) is 0 Å². The van der Waals surface area contributed by atoms with Crippen molar-refractivity contribution >= 4 is 17.6 Å². The molecule has 2 aromatic carbocycles. The van der Waals surface area contributed by atoms with Gasteiger partial charge in [-0.2, -0.15) is 0 Å². The molecule has 3 N–H and O–H groups in total. The molecule has 0 saturated heterocycles. The van der Waals surface area contributed by atoms with Gasteiger partial charge < -0.3 is 20.5 Å². The van der Waals surface area contributed by atoms with Gasteiger partial charge in [-0.3, -0.25) is 9.88 Å². The standard InChI is InChI=1S/C34H38F2N6O3/c35-26-19-27(36)21-29(20-26)45-18-17-42(15-5-4-10-28-12-11-25-9-6-14-38-33(25)39-28)16-13-30(34(43)44)40-32-23-37-22-31(41-32)24-7-2-1-3-8-24/h1-3,7-8,11-12,19-23,30H,4-6,9-10,13-18H2,(H,38,39)(H,40,41)(H,43,44). The first kappa shape index (κ1) is 31.8. The Morgan fingerprint density at radius 1 is 1.00 bits per heavy atom. The topological polar surface area (TPSA) is 112 Å². The van der Waals surface area contributed by atoms with Crippen molar-refractivity contribution in [1.82, 2.24) is 19.9 Å². The number of halogens is 2. The van der Waals surface area contributed by atoms with Crippen LogP contribution < -0.4 is 15.4 Å². The third-order valence-corrected chi connectivity index (χ3v) is 7.68. The van der Waals surface area contributed by atoms with E-state index in [2.05, 4.69) is 37.6 Å². The molecule has 0 spiro atoms. The van der Waals surface area contributed by atoms with Crippen LogP contribution in [0.5, 0.6) is 5.75 Å². The van der Waals surface area contributed by atoms with Gasteiger partial charge in [0.1, 0.15) is 41.7 Å². The number of nitrogens with zero attached hydrogens (tertiary/aromatic N) is 4. The number of carboxylic acids is 1. The monoisotopic (exact) mass is 616 g/mol. The lowest BCUT2D eigenvalue weighted by Gasteiger charge is -2.25. The summed E-state index contributed by atoms with van der Waals surface area (Å²) < 4.78 is 32.9. The van der Waals surface area contributed by atoms with Crippen molar-refractivity contribution < 1.29 is 23.4 Å². The fourth-order valence-corrected chi connectivity index (χ4v) is 5.32. The number of unbranched alkanes of at least 4 members (excludes halogenated alkanes) is 1. The number of fused-ring (bicyclic) bond motifs is 1. The highest BCUT2D eigenvalue weighted by molar-refractivity contribution is 5.77. The molecule has 1 atom stereocenters. The fourth-order valence-electron chi connectivity index (χ4n) is 5.32. The molecular weight excluding hydrogens is 578 g/mol. The minimum absolute atomic E-state index is 0.112. The number of aryl methyl sites for hydroxylation is 2.